The highest BCUT2D eigenvalue weighted by molar-refractivity contribution is 6.03. The van der Waals surface area contributed by atoms with E-state index >= 15 is 0 Å². The van der Waals surface area contributed by atoms with Gasteiger partial charge in [-0.2, -0.15) is 5.26 Å². The predicted molar refractivity (Wildman–Crippen MR) is 98.4 cm³/mol. The molecule has 2 saturated heterocycles. The molecule has 1 N–H and O–H groups in total. The fraction of sp³-hybridized carbons (Fsp3) is 0.400. The van der Waals surface area contributed by atoms with E-state index in [0.29, 0.717) is 5.56 Å². The summed E-state index contributed by atoms with van der Waals surface area (Å²) in [6.45, 7) is 3.84. The van der Waals surface area contributed by atoms with Gasteiger partial charge in [-0.05, 0) is 38.6 Å². The van der Waals surface area contributed by atoms with E-state index in [9.17, 15) is 10.1 Å². The zero-order chi connectivity index (χ0) is 17.4. The Morgan fingerprint density at radius 3 is 2.60 bits per heavy atom. The average Bonchev–Trinajstić information content (AvgIpc) is 3.21. The molecule has 2 fully saturated rings. The van der Waals surface area contributed by atoms with Gasteiger partial charge >= 0.3 is 6.03 Å². The summed E-state index contributed by atoms with van der Waals surface area (Å²) < 4.78 is 0. The van der Waals surface area contributed by atoms with Crippen molar-refractivity contribution in [3.63, 3.8) is 0 Å². The van der Waals surface area contributed by atoms with E-state index in [-0.39, 0.29) is 11.4 Å². The second-order valence-electron chi connectivity index (χ2n) is 7.41. The number of anilines is 1. The standard InChI is InChI=1S/C20H22N4O/c1-23-10-8-20(13-23)9-11-24(14-20)19(25)22-18-7-6-15(12-21)16-4-2-3-5-17(16)18/h2-7H,8-11,13-14H2,1H3,(H,22,25). The van der Waals surface area contributed by atoms with Gasteiger partial charge in [-0.25, -0.2) is 4.79 Å². The molecule has 4 rings (SSSR count). The topological polar surface area (TPSA) is 59.4 Å². The molecule has 25 heavy (non-hydrogen) atoms. The highest BCUT2D eigenvalue weighted by Crippen LogP contribution is 2.39. The first kappa shape index (κ1) is 15.9. The largest absolute Gasteiger partial charge is 0.324 e. The molecule has 2 heterocycles. The van der Waals surface area contributed by atoms with E-state index in [0.717, 1.165) is 49.1 Å². The Labute approximate surface area is 147 Å². The number of nitrogens with one attached hydrogen (secondary N) is 1. The number of likely N-dealkylation sites (tertiary alicyclic amines) is 2. The van der Waals surface area contributed by atoms with E-state index in [4.69, 9.17) is 0 Å². The number of urea groups is 1. The van der Waals surface area contributed by atoms with Crippen LogP contribution in [-0.4, -0.2) is 49.1 Å². The molecule has 2 aliphatic heterocycles. The van der Waals surface area contributed by atoms with Crippen LogP contribution in [0.5, 0.6) is 0 Å². The zero-order valence-corrected chi connectivity index (χ0v) is 14.5. The van der Waals surface area contributed by atoms with Gasteiger partial charge in [0.25, 0.3) is 0 Å². The summed E-state index contributed by atoms with van der Waals surface area (Å²) in [7, 11) is 2.15. The SMILES string of the molecule is CN1CCC2(CCN(C(=O)Nc3ccc(C#N)c4ccccc34)C2)C1. The molecule has 1 spiro atoms. The Morgan fingerprint density at radius 2 is 1.88 bits per heavy atom. The number of nitriles is 1. The van der Waals surface area contributed by atoms with Crippen LogP contribution in [0, 0.1) is 16.7 Å². The molecule has 0 aliphatic carbocycles. The van der Waals surface area contributed by atoms with Gasteiger partial charge in [-0.15, -0.1) is 0 Å². The summed E-state index contributed by atoms with van der Waals surface area (Å²) in [6, 6.07) is 13.5. The molecule has 0 bridgehead atoms. The van der Waals surface area contributed by atoms with E-state index in [1.165, 1.54) is 6.42 Å². The summed E-state index contributed by atoms with van der Waals surface area (Å²) in [6.07, 6.45) is 2.26. The normalized spacial score (nSPS) is 23.3. The van der Waals surface area contributed by atoms with Crippen molar-refractivity contribution in [1.29, 1.82) is 5.26 Å². The van der Waals surface area contributed by atoms with Crippen molar-refractivity contribution in [1.82, 2.24) is 9.80 Å². The summed E-state index contributed by atoms with van der Waals surface area (Å²) in [4.78, 5) is 17.1. The average molecular weight is 334 g/mol. The second-order valence-corrected chi connectivity index (χ2v) is 7.41. The van der Waals surface area contributed by atoms with Gasteiger partial charge in [0.2, 0.25) is 0 Å². The Bertz CT molecular complexity index is 872. The third-order valence-corrected chi connectivity index (χ3v) is 5.64. The van der Waals surface area contributed by atoms with Gasteiger partial charge < -0.3 is 15.1 Å². The number of nitrogens with zero attached hydrogens (tertiary/aromatic N) is 3. The fourth-order valence-corrected chi connectivity index (χ4v) is 4.30. The van der Waals surface area contributed by atoms with Crippen LogP contribution in [-0.2, 0) is 0 Å². The van der Waals surface area contributed by atoms with Crippen LogP contribution in [0.25, 0.3) is 10.8 Å². The molecule has 128 valence electrons. The van der Waals surface area contributed by atoms with Crippen LogP contribution in [0.15, 0.2) is 36.4 Å². The third kappa shape index (κ3) is 2.83. The van der Waals surface area contributed by atoms with E-state index in [1.807, 2.05) is 35.2 Å². The summed E-state index contributed by atoms with van der Waals surface area (Å²) >= 11 is 0. The van der Waals surface area contributed by atoms with Crippen molar-refractivity contribution in [3.05, 3.63) is 42.0 Å². The summed E-state index contributed by atoms with van der Waals surface area (Å²) in [5, 5.41) is 14.1. The summed E-state index contributed by atoms with van der Waals surface area (Å²) in [5.74, 6) is 0. The number of carbonyl (C=O) groups excluding carboxylic acids is 1. The van der Waals surface area contributed by atoms with Crippen molar-refractivity contribution >= 4 is 22.5 Å². The molecule has 0 radical (unpaired) electrons. The van der Waals surface area contributed by atoms with Crippen LogP contribution < -0.4 is 5.32 Å². The van der Waals surface area contributed by atoms with Crippen molar-refractivity contribution < 1.29 is 4.79 Å². The van der Waals surface area contributed by atoms with Crippen molar-refractivity contribution in [2.75, 3.05) is 38.5 Å². The Kier molecular flexibility index (Phi) is 3.85. The number of hydrogen-bond acceptors (Lipinski definition) is 3. The maximum Gasteiger partial charge on any atom is 0.321 e. The molecule has 0 aromatic heterocycles. The highest BCUT2D eigenvalue weighted by Gasteiger charge is 2.43. The van der Waals surface area contributed by atoms with Crippen molar-refractivity contribution in [2.45, 2.75) is 12.8 Å². The first-order valence-electron chi connectivity index (χ1n) is 8.77. The third-order valence-electron chi connectivity index (χ3n) is 5.64. The minimum Gasteiger partial charge on any atom is -0.324 e. The molecule has 5 nitrogen and oxygen atoms in total. The highest BCUT2D eigenvalue weighted by atomic mass is 16.2. The smallest absolute Gasteiger partial charge is 0.321 e. The van der Waals surface area contributed by atoms with Gasteiger partial charge in [0.15, 0.2) is 0 Å². The van der Waals surface area contributed by atoms with Gasteiger partial charge in [-0.1, -0.05) is 24.3 Å². The van der Waals surface area contributed by atoms with E-state index in [2.05, 4.69) is 23.3 Å². The van der Waals surface area contributed by atoms with Gasteiger partial charge in [0, 0.05) is 35.8 Å². The molecule has 2 aromatic carbocycles. The zero-order valence-electron chi connectivity index (χ0n) is 14.5. The lowest BCUT2D eigenvalue weighted by Crippen LogP contribution is -2.36. The lowest BCUT2D eigenvalue weighted by Gasteiger charge is -2.24. The maximum atomic E-state index is 12.8. The fourth-order valence-electron chi connectivity index (χ4n) is 4.30. The maximum absolute atomic E-state index is 12.8. The summed E-state index contributed by atoms with van der Waals surface area (Å²) in [5.41, 5.74) is 1.67. The molecular formula is C20H22N4O. The monoisotopic (exact) mass is 334 g/mol. The lowest BCUT2D eigenvalue weighted by atomic mass is 9.86. The van der Waals surface area contributed by atoms with Crippen molar-refractivity contribution in [2.24, 2.45) is 5.41 Å². The number of amides is 2. The molecule has 1 unspecified atom stereocenters. The number of benzene rings is 2. The minimum atomic E-state index is -0.0405. The second kappa shape index (κ2) is 6.05. The van der Waals surface area contributed by atoms with Crippen molar-refractivity contribution in [3.8, 4) is 6.07 Å². The quantitative estimate of drug-likeness (QED) is 0.871. The number of carbonyl (C=O) groups is 1. The minimum absolute atomic E-state index is 0.0405. The van der Waals surface area contributed by atoms with Crippen LogP contribution in [0.4, 0.5) is 10.5 Å². The molecule has 0 saturated carbocycles. The van der Waals surface area contributed by atoms with Crippen LogP contribution in [0.2, 0.25) is 0 Å². The molecule has 1 atom stereocenters. The van der Waals surface area contributed by atoms with E-state index in [1.54, 1.807) is 6.07 Å². The Hall–Kier alpha value is -2.58. The predicted octanol–water partition coefficient (Wildman–Crippen LogP) is 3.27. The molecule has 2 amide bonds. The molecule has 2 aromatic rings. The molecular weight excluding hydrogens is 312 g/mol. The van der Waals surface area contributed by atoms with Gasteiger partial charge in [-0.3, -0.25) is 0 Å². The van der Waals surface area contributed by atoms with Crippen LogP contribution in [0.1, 0.15) is 18.4 Å². The number of hydrogen-bond donors (Lipinski definition) is 1. The first-order chi connectivity index (χ1) is 12.1. The molecule has 2 aliphatic rings. The Morgan fingerprint density at radius 1 is 1.12 bits per heavy atom. The molecule has 5 heteroatoms. The van der Waals surface area contributed by atoms with E-state index < -0.39 is 0 Å². The lowest BCUT2D eigenvalue weighted by molar-refractivity contribution is 0.212. The van der Waals surface area contributed by atoms with Crippen LogP contribution in [0.3, 0.4) is 0 Å². The van der Waals surface area contributed by atoms with Gasteiger partial charge in [0.05, 0.1) is 17.3 Å². The van der Waals surface area contributed by atoms with Crippen LogP contribution >= 0.6 is 0 Å². The first-order valence-corrected chi connectivity index (χ1v) is 8.77. The number of rotatable bonds is 1. The van der Waals surface area contributed by atoms with Gasteiger partial charge in [0.1, 0.15) is 0 Å². The number of fused-ring (bicyclic) bond motifs is 1. The Balaban J connectivity index is 1.54.